The molecule has 0 spiro atoms. The van der Waals surface area contributed by atoms with Crippen molar-refractivity contribution in [2.45, 2.75) is 33.1 Å². The Hall–Kier alpha value is -0.640. The quantitative estimate of drug-likeness (QED) is 0.616. The van der Waals surface area contributed by atoms with E-state index in [1.54, 1.807) is 0 Å². The second-order valence-electron chi connectivity index (χ2n) is 4.54. The molecule has 0 aliphatic rings. The Morgan fingerprint density at radius 3 is 2.56 bits per heavy atom. The first kappa shape index (κ1) is 15.4. The summed E-state index contributed by atoms with van der Waals surface area (Å²) in [7, 11) is -3.29. The molecule has 94 valence electrons. The summed E-state index contributed by atoms with van der Waals surface area (Å²) in [5.41, 5.74) is -0.253. The number of nitrogens with zero attached hydrogens (tertiary/aromatic N) is 1. The third-order valence-corrected chi connectivity index (χ3v) is 3.67. The van der Waals surface area contributed by atoms with Gasteiger partial charge in [0.2, 0.25) is 10.0 Å². The van der Waals surface area contributed by atoms with E-state index in [4.69, 9.17) is 10.4 Å². The van der Waals surface area contributed by atoms with Crippen LogP contribution in [0.3, 0.4) is 0 Å². The lowest BCUT2D eigenvalue weighted by Gasteiger charge is -2.23. The van der Waals surface area contributed by atoms with Crippen LogP contribution < -0.4 is 4.72 Å². The van der Waals surface area contributed by atoms with Gasteiger partial charge in [0.15, 0.2) is 0 Å². The van der Waals surface area contributed by atoms with E-state index in [2.05, 4.69) is 4.72 Å². The molecule has 0 rings (SSSR count). The van der Waals surface area contributed by atoms with Crippen molar-refractivity contribution in [2.75, 3.05) is 18.9 Å². The van der Waals surface area contributed by atoms with E-state index in [1.165, 1.54) is 0 Å². The summed E-state index contributed by atoms with van der Waals surface area (Å²) in [6.45, 7) is 4.13. The van der Waals surface area contributed by atoms with E-state index < -0.39 is 10.0 Å². The van der Waals surface area contributed by atoms with Crippen LogP contribution in [0.2, 0.25) is 0 Å². The lowest BCUT2D eigenvalue weighted by Crippen LogP contribution is -2.35. The van der Waals surface area contributed by atoms with Crippen LogP contribution in [-0.2, 0) is 10.0 Å². The van der Waals surface area contributed by atoms with Crippen LogP contribution in [0.15, 0.2) is 0 Å². The monoisotopic (exact) mass is 248 g/mol. The molecule has 0 saturated heterocycles. The van der Waals surface area contributed by atoms with Crippen LogP contribution in [0.4, 0.5) is 0 Å². The van der Waals surface area contributed by atoms with Crippen molar-refractivity contribution in [3.05, 3.63) is 0 Å². The van der Waals surface area contributed by atoms with Crippen molar-refractivity contribution < 1.29 is 13.5 Å². The molecule has 0 aliphatic heterocycles. The van der Waals surface area contributed by atoms with Gasteiger partial charge >= 0.3 is 0 Å². The first-order valence-corrected chi connectivity index (χ1v) is 6.93. The molecule has 0 radical (unpaired) electrons. The molecule has 0 aliphatic carbocycles. The zero-order valence-electron chi connectivity index (χ0n) is 9.86. The van der Waals surface area contributed by atoms with Gasteiger partial charge in [-0.3, -0.25) is 0 Å². The molecule has 0 unspecified atom stereocenters. The van der Waals surface area contributed by atoms with Gasteiger partial charge in [-0.2, -0.15) is 5.26 Å². The van der Waals surface area contributed by atoms with Crippen LogP contribution >= 0.6 is 0 Å². The van der Waals surface area contributed by atoms with E-state index in [0.717, 1.165) is 0 Å². The molecule has 0 aromatic rings. The second kappa shape index (κ2) is 6.84. The van der Waals surface area contributed by atoms with E-state index in [9.17, 15) is 8.42 Å². The Bertz CT molecular complexity index is 330. The van der Waals surface area contributed by atoms with Gasteiger partial charge in [0.1, 0.15) is 0 Å². The van der Waals surface area contributed by atoms with E-state index in [0.29, 0.717) is 19.4 Å². The highest BCUT2D eigenvalue weighted by Crippen LogP contribution is 2.18. The maximum atomic E-state index is 11.5. The summed E-state index contributed by atoms with van der Waals surface area (Å²) in [4.78, 5) is 0. The fourth-order valence-electron chi connectivity index (χ4n) is 1.11. The highest BCUT2D eigenvalue weighted by molar-refractivity contribution is 7.89. The summed E-state index contributed by atoms with van der Waals surface area (Å²) in [6, 6.07) is 1.91. The third kappa shape index (κ3) is 7.63. The lowest BCUT2D eigenvalue weighted by atomic mass is 9.90. The molecule has 0 saturated carbocycles. The molecule has 0 heterocycles. The van der Waals surface area contributed by atoms with Crippen molar-refractivity contribution in [3.63, 3.8) is 0 Å². The third-order valence-electron chi connectivity index (χ3n) is 2.26. The molecule has 0 aromatic carbocycles. The summed E-state index contributed by atoms with van der Waals surface area (Å²) in [5, 5.41) is 17.1. The molecule has 0 atom stereocenters. The number of sulfonamides is 1. The van der Waals surface area contributed by atoms with Crippen LogP contribution in [0.25, 0.3) is 0 Å². The number of nitriles is 1. The summed E-state index contributed by atoms with van der Waals surface area (Å²) in [5.74, 6) is -0.0181. The Kier molecular flexibility index (Phi) is 6.56. The van der Waals surface area contributed by atoms with E-state index in [-0.39, 0.29) is 24.2 Å². The average Bonchev–Trinajstić information content (AvgIpc) is 2.16. The molecule has 0 fully saturated rings. The highest BCUT2D eigenvalue weighted by atomic mass is 32.2. The first-order chi connectivity index (χ1) is 7.33. The number of nitrogens with one attached hydrogen (secondary N) is 1. The van der Waals surface area contributed by atoms with Gasteiger partial charge in [-0.1, -0.05) is 13.8 Å². The lowest BCUT2D eigenvalue weighted by molar-refractivity contribution is 0.213. The smallest absolute Gasteiger partial charge is 0.211 e. The fraction of sp³-hybridized carbons (Fsp3) is 0.900. The maximum absolute atomic E-state index is 11.5. The van der Waals surface area contributed by atoms with Crippen molar-refractivity contribution in [2.24, 2.45) is 5.41 Å². The highest BCUT2D eigenvalue weighted by Gasteiger charge is 2.20. The molecular formula is C10H20N2O3S. The first-order valence-electron chi connectivity index (χ1n) is 5.28. The number of hydrogen-bond acceptors (Lipinski definition) is 4. The molecule has 2 N–H and O–H groups in total. The van der Waals surface area contributed by atoms with Crippen LogP contribution in [0, 0.1) is 16.7 Å². The minimum atomic E-state index is -3.29. The summed E-state index contributed by atoms with van der Waals surface area (Å²) < 4.78 is 25.4. The van der Waals surface area contributed by atoms with Gasteiger partial charge < -0.3 is 5.11 Å². The molecule has 5 nitrogen and oxygen atoms in total. The van der Waals surface area contributed by atoms with Crippen molar-refractivity contribution >= 4 is 10.0 Å². The van der Waals surface area contributed by atoms with E-state index in [1.807, 2.05) is 19.9 Å². The Morgan fingerprint density at radius 1 is 1.44 bits per heavy atom. The van der Waals surface area contributed by atoms with Crippen molar-refractivity contribution in [1.29, 1.82) is 5.26 Å². The van der Waals surface area contributed by atoms with Gasteiger partial charge in [0, 0.05) is 19.6 Å². The zero-order chi connectivity index (χ0) is 12.7. The van der Waals surface area contributed by atoms with Crippen molar-refractivity contribution in [3.8, 4) is 6.07 Å². The second-order valence-corrected chi connectivity index (χ2v) is 6.47. The van der Waals surface area contributed by atoms with Crippen molar-refractivity contribution in [1.82, 2.24) is 4.72 Å². The zero-order valence-corrected chi connectivity index (χ0v) is 10.7. The minimum absolute atomic E-state index is 0.0181. The number of hydrogen-bond donors (Lipinski definition) is 2. The van der Waals surface area contributed by atoms with Gasteiger partial charge in [0.25, 0.3) is 0 Å². The van der Waals surface area contributed by atoms with Crippen LogP contribution in [0.5, 0.6) is 0 Å². The molecular weight excluding hydrogens is 228 g/mol. The number of aliphatic hydroxyl groups is 1. The van der Waals surface area contributed by atoms with Gasteiger partial charge in [-0.05, 0) is 18.3 Å². The molecule has 0 amide bonds. The predicted octanol–water partition coefficient (Wildman–Crippen LogP) is 0.618. The van der Waals surface area contributed by atoms with E-state index >= 15 is 0 Å². The predicted molar refractivity (Wildman–Crippen MR) is 62.1 cm³/mol. The van der Waals surface area contributed by atoms with Gasteiger partial charge in [-0.25, -0.2) is 13.1 Å². The SMILES string of the molecule is CC(C)(CCO)CNS(=O)(=O)CCCC#N. The van der Waals surface area contributed by atoms with Crippen LogP contribution in [0.1, 0.15) is 33.1 Å². The van der Waals surface area contributed by atoms with Gasteiger partial charge in [0.05, 0.1) is 11.8 Å². The molecule has 0 aromatic heterocycles. The van der Waals surface area contributed by atoms with Gasteiger partial charge in [-0.15, -0.1) is 0 Å². The summed E-state index contributed by atoms with van der Waals surface area (Å²) >= 11 is 0. The molecule has 6 heteroatoms. The average molecular weight is 248 g/mol. The number of unbranched alkanes of at least 4 members (excludes halogenated alkanes) is 1. The normalized spacial score (nSPS) is 12.4. The Labute approximate surface area is 97.5 Å². The Morgan fingerprint density at radius 2 is 2.06 bits per heavy atom. The number of rotatable bonds is 8. The molecule has 0 bridgehead atoms. The minimum Gasteiger partial charge on any atom is -0.396 e. The fourth-order valence-corrected chi connectivity index (χ4v) is 2.39. The topological polar surface area (TPSA) is 90.2 Å². The Balaban J connectivity index is 4.04. The maximum Gasteiger partial charge on any atom is 0.211 e. The summed E-state index contributed by atoms with van der Waals surface area (Å²) in [6.07, 6.45) is 1.15. The largest absolute Gasteiger partial charge is 0.396 e. The standard InChI is InChI=1S/C10H20N2O3S/c1-10(2,5-7-13)9-12-16(14,15)8-4-3-6-11/h12-13H,3-5,7-9H2,1-2H3. The van der Waals surface area contributed by atoms with Crippen LogP contribution in [-0.4, -0.2) is 32.4 Å². The molecule has 16 heavy (non-hydrogen) atoms. The number of aliphatic hydroxyl groups excluding tert-OH is 1.